The normalized spacial score (nSPS) is 26.7. The van der Waals surface area contributed by atoms with Crippen molar-refractivity contribution in [1.29, 1.82) is 0 Å². The van der Waals surface area contributed by atoms with Crippen molar-refractivity contribution in [2.75, 3.05) is 26.8 Å². The standard InChI is InChI=1S/C10H21N2.ClH/c1-5-12(8-10(2)3)7-6-11(4)9-12;/h6-7,10H,5,8-9H2,1-4H3;1H/q+1;/p-1. The lowest BCUT2D eigenvalue weighted by Gasteiger charge is -2.32. The van der Waals surface area contributed by atoms with E-state index < -0.39 is 0 Å². The van der Waals surface area contributed by atoms with Gasteiger partial charge in [-0.15, -0.1) is 0 Å². The van der Waals surface area contributed by atoms with Crippen molar-refractivity contribution in [3.63, 3.8) is 0 Å². The first kappa shape index (κ1) is 12.8. The summed E-state index contributed by atoms with van der Waals surface area (Å²) in [5, 5.41) is 0. The Kier molecular flexibility index (Phi) is 4.79. The maximum Gasteiger partial charge on any atom is 0.158 e. The Morgan fingerprint density at radius 2 is 2.08 bits per heavy atom. The molecule has 0 aliphatic carbocycles. The predicted octanol–water partition coefficient (Wildman–Crippen LogP) is -1.14. The molecule has 1 heterocycles. The number of quaternary nitrogens is 1. The molecule has 0 bridgehead atoms. The summed E-state index contributed by atoms with van der Waals surface area (Å²) < 4.78 is 1.13. The van der Waals surface area contributed by atoms with Crippen molar-refractivity contribution in [2.45, 2.75) is 20.8 Å². The average Bonchev–Trinajstić information content (AvgIpc) is 2.32. The SMILES string of the molecule is CC[N+]1(CC(C)C)C=CN(C)C1.[Cl-]. The molecule has 0 aromatic heterocycles. The van der Waals surface area contributed by atoms with Gasteiger partial charge >= 0.3 is 0 Å². The molecule has 0 saturated carbocycles. The number of hydrogen-bond donors (Lipinski definition) is 0. The van der Waals surface area contributed by atoms with Crippen LogP contribution in [0.3, 0.4) is 0 Å². The lowest BCUT2D eigenvalue weighted by Crippen LogP contribution is -3.00. The van der Waals surface area contributed by atoms with Crippen LogP contribution in [0.1, 0.15) is 20.8 Å². The Balaban J connectivity index is 0.00000144. The molecular weight excluding hydrogens is 184 g/mol. The van der Waals surface area contributed by atoms with E-state index >= 15 is 0 Å². The Morgan fingerprint density at radius 1 is 1.46 bits per heavy atom. The molecule has 0 N–H and O–H groups in total. The van der Waals surface area contributed by atoms with E-state index in [1.165, 1.54) is 13.1 Å². The molecule has 1 aliphatic rings. The summed E-state index contributed by atoms with van der Waals surface area (Å²) in [5.74, 6) is 0.779. The zero-order valence-electron chi connectivity index (χ0n) is 9.13. The summed E-state index contributed by atoms with van der Waals surface area (Å²) in [4.78, 5) is 2.27. The van der Waals surface area contributed by atoms with E-state index in [9.17, 15) is 0 Å². The van der Waals surface area contributed by atoms with Gasteiger partial charge in [0, 0.05) is 13.0 Å². The van der Waals surface area contributed by atoms with Gasteiger partial charge < -0.3 is 17.3 Å². The molecule has 1 aliphatic heterocycles. The van der Waals surface area contributed by atoms with Crippen molar-refractivity contribution in [3.05, 3.63) is 12.4 Å². The van der Waals surface area contributed by atoms with E-state index in [1.807, 2.05) is 0 Å². The number of rotatable bonds is 3. The second-order valence-electron chi connectivity index (χ2n) is 4.31. The van der Waals surface area contributed by atoms with Gasteiger partial charge in [0.15, 0.2) is 6.67 Å². The first-order valence-corrected chi connectivity index (χ1v) is 4.83. The predicted molar refractivity (Wildman–Crippen MR) is 52.3 cm³/mol. The summed E-state index contributed by atoms with van der Waals surface area (Å²) >= 11 is 0. The van der Waals surface area contributed by atoms with Crippen LogP contribution in [0.15, 0.2) is 12.4 Å². The summed E-state index contributed by atoms with van der Waals surface area (Å²) in [6.45, 7) is 10.5. The Labute approximate surface area is 88.2 Å². The number of halogens is 1. The van der Waals surface area contributed by atoms with Crippen LogP contribution in [-0.2, 0) is 0 Å². The van der Waals surface area contributed by atoms with Crippen LogP contribution in [0, 0.1) is 5.92 Å². The van der Waals surface area contributed by atoms with Crippen molar-refractivity contribution in [3.8, 4) is 0 Å². The summed E-state index contributed by atoms with van der Waals surface area (Å²) in [5.41, 5.74) is 0. The fourth-order valence-corrected chi connectivity index (χ4v) is 1.97. The molecule has 0 fully saturated rings. The first-order valence-electron chi connectivity index (χ1n) is 4.83. The summed E-state index contributed by atoms with van der Waals surface area (Å²) in [6.07, 6.45) is 4.53. The van der Waals surface area contributed by atoms with E-state index in [1.54, 1.807) is 0 Å². The van der Waals surface area contributed by atoms with Crippen LogP contribution in [0.2, 0.25) is 0 Å². The highest BCUT2D eigenvalue weighted by atomic mass is 35.5. The zero-order valence-corrected chi connectivity index (χ0v) is 9.88. The average molecular weight is 205 g/mol. The van der Waals surface area contributed by atoms with Crippen LogP contribution >= 0.6 is 0 Å². The lowest BCUT2D eigenvalue weighted by molar-refractivity contribution is -0.882. The minimum absolute atomic E-state index is 0. The quantitative estimate of drug-likeness (QED) is 0.526. The van der Waals surface area contributed by atoms with E-state index in [-0.39, 0.29) is 12.4 Å². The Morgan fingerprint density at radius 3 is 2.38 bits per heavy atom. The van der Waals surface area contributed by atoms with Gasteiger partial charge in [-0.3, -0.25) is 4.48 Å². The van der Waals surface area contributed by atoms with Crippen molar-refractivity contribution >= 4 is 0 Å². The van der Waals surface area contributed by atoms with E-state index in [0.717, 1.165) is 17.1 Å². The molecule has 2 nitrogen and oxygen atoms in total. The second kappa shape index (κ2) is 4.87. The smallest absolute Gasteiger partial charge is 0.158 e. The molecule has 3 heteroatoms. The van der Waals surface area contributed by atoms with Crippen molar-refractivity contribution < 1.29 is 16.9 Å². The topological polar surface area (TPSA) is 3.24 Å². The maximum absolute atomic E-state index is 2.33. The van der Waals surface area contributed by atoms with Gasteiger partial charge in [-0.1, -0.05) is 13.8 Å². The monoisotopic (exact) mass is 204 g/mol. The van der Waals surface area contributed by atoms with E-state index in [4.69, 9.17) is 0 Å². The van der Waals surface area contributed by atoms with Crippen molar-refractivity contribution in [2.24, 2.45) is 5.92 Å². The largest absolute Gasteiger partial charge is 1.00 e. The third kappa shape index (κ3) is 3.20. The molecule has 1 rings (SSSR count). The molecule has 1 unspecified atom stereocenters. The first-order chi connectivity index (χ1) is 5.58. The molecule has 78 valence electrons. The van der Waals surface area contributed by atoms with Crippen LogP contribution in [0.25, 0.3) is 0 Å². The lowest BCUT2D eigenvalue weighted by atomic mass is 10.2. The van der Waals surface area contributed by atoms with Gasteiger partial charge in [-0.2, -0.15) is 0 Å². The van der Waals surface area contributed by atoms with E-state index in [2.05, 4.69) is 45.1 Å². The Hall–Kier alpha value is -0.210. The molecule has 0 radical (unpaired) electrons. The fourth-order valence-electron chi connectivity index (χ4n) is 1.97. The fraction of sp³-hybridized carbons (Fsp3) is 0.800. The third-order valence-corrected chi connectivity index (χ3v) is 2.50. The van der Waals surface area contributed by atoms with Gasteiger partial charge in [0.2, 0.25) is 0 Å². The van der Waals surface area contributed by atoms with Gasteiger partial charge in [-0.05, 0) is 6.92 Å². The molecular formula is C10H21ClN2. The van der Waals surface area contributed by atoms with Crippen LogP contribution < -0.4 is 12.4 Å². The van der Waals surface area contributed by atoms with Gasteiger partial charge in [0.1, 0.15) is 6.20 Å². The van der Waals surface area contributed by atoms with Gasteiger partial charge in [0.25, 0.3) is 0 Å². The molecule has 0 spiro atoms. The highest BCUT2D eigenvalue weighted by Crippen LogP contribution is 2.18. The zero-order chi connectivity index (χ0) is 9.19. The van der Waals surface area contributed by atoms with Crippen LogP contribution in [0.5, 0.6) is 0 Å². The minimum atomic E-state index is 0. The Bertz CT molecular complexity index is 180. The highest BCUT2D eigenvalue weighted by Gasteiger charge is 2.29. The second-order valence-corrected chi connectivity index (χ2v) is 4.31. The van der Waals surface area contributed by atoms with Crippen LogP contribution in [-0.4, -0.2) is 36.2 Å². The molecule has 0 aromatic carbocycles. The van der Waals surface area contributed by atoms with Gasteiger partial charge in [0.05, 0.1) is 19.3 Å². The minimum Gasteiger partial charge on any atom is -1.00 e. The molecule has 0 amide bonds. The third-order valence-electron chi connectivity index (χ3n) is 2.50. The highest BCUT2D eigenvalue weighted by molar-refractivity contribution is 4.79. The molecule has 13 heavy (non-hydrogen) atoms. The number of hydrogen-bond acceptors (Lipinski definition) is 1. The van der Waals surface area contributed by atoms with Gasteiger partial charge in [-0.25, -0.2) is 0 Å². The molecule has 0 aromatic rings. The summed E-state index contributed by atoms with van der Waals surface area (Å²) in [7, 11) is 2.15. The maximum atomic E-state index is 2.33. The van der Waals surface area contributed by atoms with Crippen LogP contribution in [0.4, 0.5) is 0 Å². The molecule has 0 saturated heterocycles. The van der Waals surface area contributed by atoms with E-state index in [0.29, 0.717) is 0 Å². The molecule has 1 atom stereocenters. The van der Waals surface area contributed by atoms with Crippen molar-refractivity contribution in [1.82, 2.24) is 4.90 Å². The number of nitrogens with zero attached hydrogens (tertiary/aromatic N) is 2. The summed E-state index contributed by atoms with van der Waals surface area (Å²) in [6, 6.07) is 0.